The number of hydrogen-bond acceptors (Lipinski definition) is 4. The normalized spacial score (nSPS) is 19.7. The van der Waals surface area contributed by atoms with Crippen molar-refractivity contribution in [2.75, 3.05) is 0 Å². The summed E-state index contributed by atoms with van der Waals surface area (Å²) in [5.74, 6) is 0. The Bertz CT molecular complexity index is 943. The number of benzene rings is 1. The minimum Gasteiger partial charge on any atom is -0.399 e. The van der Waals surface area contributed by atoms with E-state index in [4.69, 9.17) is 20.9 Å². The molecule has 0 amide bonds. The molecular formula is C17H18BClF6N2O3. The number of aromatic nitrogens is 2. The lowest BCUT2D eigenvalue weighted by molar-refractivity contribution is -0.372. The van der Waals surface area contributed by atoms with Crippen LogP contribution in [0.15, 0.2) is 18.3 Å². The lowest BCUT2D eigenvalue weighted by Crippen LogP contribution is -2.59. The molecule has 0 bridgehead atoms. The highest BCUT2D eigenvalue weighted by atomic mass is 35.5. The lowest BCUT2D eigenvalue weighted by atomic mass is 9.78. The van der Waals surface area contributed by atoms with Crippen LogP contribution in [-0.2, 0) is 15.9 Å². The number of fused-ring (bicyclic) bond motifs is 1. The molecule has 30 heavy (non-hydrogen) atoms. The van der Waals surface area contributed by atoms with Crippen molar-refractivity contribution in [3.8, 4) is 0 Å². The maximum absolute atomic E-state index is 13.0. The third-order valence-electron chi connectivity index (χ3n) is 5.61. The fraction of sp³-hybridized carbons (Fsp3) is 0.588. The van der Waals surface area contributed by atoms with Crippen molar-refractivity contribution in [2.24, 2.45) is 0 Å². The number of hydrogen-bond donors (Lipinski definition) is 1. The Hall–Kier alpha value is -1.50. The third kappa shape index (κ3) is 3.47. The van der Waals surface area contributed by atoms with Crippen molar-refractivity contribution in [1.29, 1.82) is 0 Å². The summed E-state index contributed by atoms with van der Waals surface area (Å²) in [5.41, 5.74) is -6.11. The topological polar surface area (TPSA) is 56.5 Å². The Morgan fingerprint density at radius 3 is 2.00 bits per heavy atom. The van der Waals surface area contributed by atoms with Crippen molar-refractivity contribution in [1.82, 2.24) is 9.78 Å². The average Bonchev–Trinajstić information content (AvgIpc) is 3.04. The van der Waals surface area contributed by atoms with E-state index in [2.05, 4.69) is 5.10 Å². The molecule has 5 nitrogen and oxygen atoms in total. The molecule has 1 N–H and O–H groups in total. The first-order valence-corrected chi connectivity index (χ1v) is 9.14. The van der Waals surface area contributed by atoms with Gasteiger partial charge in [-0.3, -0.25) is 4.68 Å². The summed E-state index contributed by atoms with van der Waals surface area (Å²) in [6, 6.07) is 2.63. The van der Waals surface area contributed by atoms with Gasteiger partial charge < -0.3 is 14.4 Å². The lowest BCUT2D eigenvalue weighted by Gasteiger charge is -2.32. The first-order chi connectivity index (χ1) is 13.4. The zero-order chi connectivity index (χ0) is 22.9. The molecule has 2 aromatic rings. The van der Waals surface area contributed by atoms with Crippen LogP contribution < -0.4 is 5.46 Å². The number of alkyl halides is 6. The molecule has 0 aliphatic carbocycles. The summed E-state index contributed by atoms with van der Waals surface area (Å²) in [6.07, 6.45) is -10.9. The number of aliphatic hydroxyl groups is 1. The van der Waals surface area contributed by atoms with Gasteiger partial charge in [0, 0.05) is 10.8 Å². The van der Waals surface area contributed by atoms with Crippen molar-refractivity contribution in [2.45, 2.75) is 63.4 Å². The molecule has 0 radical (unpaired) electrons. The molecule has 1 saturated heterocycles. The maximum Gasteiger partial charge on any atom is 0.496 e. The molecular weight excluding hydrogens is 440 g/mol. The second kappa shape index (κ2) is 6.75. The predicted molar refractivity (Wildman–Crippen MR) is 97.5 cm³/mol. The number of halogens is 7. The summed E-state index contributed by atoms with van der Waals surface area (Å²) in [7, 11) is -0.891. The first-order valence-electron chi connectivity index (χ1n) is 8.77. The van der Waals surface area contributed by atoms with Crippen LogP contribution in [0, 0.1) is 0 Å². The molecule has 0 spiro atoms. The Kier molecular flexibility index (Phi) is 5.21. The standard InChI is InChI=1S/C17H18BClF6N2O3/c1-13(2)14(3,4)30-18(29-13)10-5-6-11-9(12(10)19)7-26-27(11)8-15(28,16(20,21)22)17(23,24)25/h5-7,28H,8H2,1-4H3. The monoisotopic (exact) mass is 458 g/mol. The molecule has 1 aromatic heterocycles. The molecule has 0 saturated carbocycles. The van der Waals surface area contributed by atoms with E-state index in [0.29, 0.717) is 10.1 Å². The number of rotatable bonds is 3. The molecule has 0 atom stereocenters. The minimum absolute atomic E-state index is 0.0137. The highest BCUT2D eigenvalue weighted by Gasteiger charge is 2.70. The summed E-state index contributed by atoms with van der Waals surface area (Å²) in [5, 5.41) is 13.1. The molecule has 1 aliphatic rings. The summed E-state index contributed by atoms with van der Waals surface area (Å²) >= 11 is 6.35. The van der Waals surface area contributed by atoms with Gasteiger partial charge in [0.05, 0.1) is 34.5 Å². The Morgan fingerprint density at radius 2 is 1.53 bits per heavy atom. The zero-order valence-electron chi connectivity index (χ0n) is 16.3. The van der Waals surface area contributed by atoms with Crippen LogP contribution >= 0.6 is 11.6 Å². The van der Waals surface area contributed by atoms with Crippen molar-refractivity contribution in [3.05, 3.63) is 23.4 Å². The van der Waals surface area contributed by atoms with Gasteiger partial charge >= 0.3 is 19.5 Å². The van der Waals surface area contributed by atoms with E-state index in [1.807, 2.05) is 27.7 Å². The van der Waals surface area contributed by atoms with Gasteiger partial charge in [0.15, 0.2) is 0 Å². The van der Waals surface area contributed by atoms with Gasteiger partial charge in [-0.25, -0.2) is 0 Å². The molecule has 2 heterocycles. The van der Waals surface area contributed by atoms with Crippen molar-refractivity contribution >= 4 is 35.1 Å². The van der Waals surface area contributed by atoms with Crippen molar-refractivity contribution < 1.29 is 40.8 Å². The van der Waals surface area contributed by atoms with Gasteiger partial charge in [-0.15, -0.1) is 0 Å². The molecule has 1 fully saturated rings. The van der Waals surface area contributed by atoms with E-state index < -0.39 is 42.8 Å². The van der Waals surface area contributed by atoms with Crippen LogP contribution in [-0.4, -0.2) is 51.2 Å². The van der Waals surface area contributed by atoms with Crippen LogP contribution in [0.1, 0.15) is 27.7 Å². The van der Waals surface area contributed by atoms with E-state index in [1.54, 1.807) is 0 Å². The third-order valence-corrected chi connectivity index (χ3v) is 6.04. The van der Waals surface area contributed by atoms with E-state index in [1.165, 1.54) is 12.1 Å². The van der Waals surface area contributed by atoms with Crippen LogP contribution in [0.4, 0.5) is 26.3 Å². The Morgan fingerprint density at radius 1 is 1.03 bits per heavy atom. The second-order valence-electron chi connectivity index (χ2n) is 8.15. The van der Waals surface area contributed by atoms with Gasteiger partial charge in [0.2, 0.25) is 0 Å². The highest BCUT2D eigenvalue weighted by Crippen LogP contribution is 2.44. The molecule has 1 aliphatic heterocycles. The largest absolute Gasteiger partial charge is 0.496 e. The molecule has 166 valence electrons. The minimum atomic E-state index is -5.96. The first kappa shape index (κ1) is 23.2. The molecule has 1 aromatic carbocycles. The summed E-state index contributed by atoms with van der Waals surface area (Å²) in [6.45, 7) is 5.37. The van der Waals surface area contributed by atoms with Gasteiger partial charge in [0.25, 0.3) is 5.60 Å². The number of nitrogens with zero attached hydrogens (tertiary/aromatic N) is 2. The van der Waals surface area contributed by atoms with Crippen LogP contribution in [0.2, 0.25) is 5.02 Å². The van der Waals surface area contributed by atoms with Crippen molar-refractivity contribution in [3.63, 3.8) is 0 Å². The molecule has 3 rings (SSSR count). The smallest absolute Gasteiger partial charge is 0.399 e. The quantitative estimate of drug-likeness (QED) is 0.561. The summed E-state index contributed by atoms with van der Waals surface area (Å²) in [4.78, 5) is 0. The van der Waals surface area contributed by atoms with E-state index in [9.17, 15) is 31.4 Å². The van der Waals surface area contributed by atoms with Gasteiger partial charge in [0.1, 0.15) is 0 Å². The van der Waals surface area contributed by atoms with Gasteiger partial charge in [-0.2, -0.15) is 31.4 Å². The van der Waals surface area contributed by atoms with E-state index in [-0.39, 0.29) is 15.9 Å². The van der Waals surface area contributed by atoms with E-state index >= 15 is 0 Å². The fourth-order valence-electron chi connectivity index (χ4n) is 2.97. The van der Waals surface area contributed by atoms with Gasteiger partial charge in [-0.1, -0.05) is 17.7 Å². The Labute approximate surface area is 173 Å². The second-order valence-corrected chi connectivity index (χ2v) is 8.53. The summed E-state index contributed by atoms with van der Waals surface area (Å²) < 4.78 is 90.3. The average molecular weight is 459 g/mol. The fourth-order valence-corrected chi connectivity index (χ4v) is 3.27. The van der Waals surface area contributed by atoms with Crippen LogP contribution in [0.3, 0.4) is 0 Å². The predicted octanol–water partition coefficient (Wildman–Crippen LogP) is 3.84. The van der Waals surface area contributed by atoms with Gasteiger partial charge in [-0.05, 0) is 33.8 Å². The van der Waals surface area contributed by atoms with E-state index in [0.717, 1.165) is 6.20 Å². The SMILES string of the molecule is CC1(C)OB(c2ccc3c(cnn3CC(O)(C(F)(F)F)C(F)(F)F)c2Cl)OC1(C)C. The van der Waals surface area contributed by atoms with Crippen LogP contribution in [0.5, 0.6) is 0 Å². The zero-order valence-corrected chi connectivity index (χ0v) is 17.1. The highest BCUT2D eigenvalue weighted by molar-refractivity contribution is 6.66. The van der Waals surface area contributed by atoms with Crippen LogP contribution in [0.25, 0.3) is 10.9 Å². The molecule has 13 heteroatoms. The maximum atomic E-state index is 13.0. The Balaban J connectivity index is 2.02. The molecule has 0 unspecified atom stereocenters.